The Morgan fingerprint density at radius 1 is 1.16 bits per heavy atom. The summed E-state index contributed by atoms with van der Waals surface area (Å²) in [7, 11) is 0. The Kier molecular flexibility index (Phi) is 8.67. The van der Waals surface area contributed by atoms with Gasteiger partial charge in [-0.2, -0.15) is 0 Å². The summed E-state index contributed by atoms with van der Waals surface area (Å²) < 4.78 is 5.69. The van der Waals surface area contributed by atoms with Crippen LogP contribution < -0.4 is 5.32 Å². The van der Waals surface area contributed by atoms with Gasteiger partial charge in [0.2, 0.25) is 0 Å². The smallest absolute Gasteiger partial charge is 0.0599 e. The van der Waals surface area contributed by atoms with Crippen molar-refractivity contribution in [3.63, 3.8) is 0 Å². The van der Waals surface area contributed by atoms with Crippen LogP contribution >= 0.6 is 0 Å². The Hall–Kier alpha value is -0.120. The van der Waals surface area contributed by atoms with Crippen LogP contribution in [0.15, 0.2) is 0 Å². The second-order valence-corrected chi connectivity index (χ2v) is 6.32. The Morgan fingerprint density at radius 2 is 1.84 bits per heavy atom. The minimum Gasteiger partial charge on any atom is -0.378 e. The molecule has 3 nitrogen and oxygen atoms in total. The summed E-state index contributed by atoms with van der Waals surface area (Å²) in [5, 5.41) is 3.65. The summed E-state index contributed by atoms with van der Waals surface area (Å²) >= 11 is 0. The van der Waals surface area contributed by atoms with Crippen molar-refractivity contribution >= 4 is 0 Å². The van der Waals surface area contributed by atoms with Crippen LogP contribution in [0.3, 0.4) is 0 Å². The highest BCUT2D eigenvalue weighted by Gasteiger charge is 2.18. The third-order valence-electron chi connectivity index (χ3n) is 4.03. The molecule has 0 bridgehead atoms. The lowest BCUT2D eigenvalue weighted by molar-refractivity contribution is 0.0144. The average Bonchev–Trinajstić information content (AvgIpc) is 2.39. The number of hydrogen-bond acceptors (Lipinski definition) is 3. The van der Waals surface area contributed by atoms with Gasteiger partial charge in [-0.1, -0.05) is 13.8 Å². The first-order valence-electron chi connectivity index (χ1n) is 8.19. The number of likely N-dealkylation sites (tertiary alicyclic amines) is 1. The minimum absolute atomic E-state index is 0.513. The first-order chi connectivity index (χ1) is 9.11. The van der Waals surface area contributed by atoms with Crippen molar-refractivity contribution in [1.82, 2.24) is 10.2 Å². The van der Waals surface area contributed by atoms with Crippen molar-refractivity contribution in [2.75, 3.05) is 32.8 Å². The van der Waals surface area contributed by atoms with Gasteiger partial charge in [-0.3, -0.25) is 0 Å². The van der Waals surface area contributed by atoms with E-state index in [-0.39, 0.29) is 0 Å². The van der Waals surface area contributed by atoms with Gasteiger partial charge in [0.15, 0.2) is 0 Å². The average molecular weight is 270 g/mol. The summed E-state index contributed by atoms with van der Waals surface area (Å²) in [6.07, 6.45) is 5.55. The van der Waals surface area contributed by atoms with Crippen molar-refractivity contribution in [2.45, 2.75) is 65.5 Å². The van der Waals surface area contributed by atoms with E-state index in [4.69, 9.17) is 4.74 Å². The Morgan fingerprint density at radius 3 is 2.42 bits per heavy atom. The maximum absolute atomic E-state index is 5.69. The fourth-order valence-corrected chi connectivity index (χ4v) is 2.69. The largest absolute Gasteiger partial charge is 0.378 e. The molecule has 0 aliphatic carbocycles. The molecule has 0 amide bonds. The molecule has 0 aromatic rings. The van der Waals surface area contributed by atoms with E-state index in [2.05, 4.69) is 37.9 Å². The molecule has 0 aromatic carbocycles. The fourth-order valence-electron chi connectivity index (χ4n) is 2.69. The molecule has 1 fully saturated rings. The molecule has 1 saturated heterocycles. The molecule has 3 heteroatoms. The van der Waals surface area contributed by atoms with Crippen LogP contribution in [-0.2, 0) is 4.74 Å². The van der Waals surface area contributed by atoms with Gasteiger partial charge >= 0.3 is 0 Å². The van der Waals surface area contributed by atoms with Crippen LogP contribution in [0.4, 0.5) is 0 Å². The predicted octanol–water partition coefficient (Wildman–Crippen LogP) is 2.90. The van der Waals surface area contributed by atoms with Crippen LogP contribution in [0.5, 0.6) is 0 Å². The van der Waals surface area contributed by atoms with Crippen molar-refractivity contribution in [2.24, 2.45) is 5.92 Å². The number of nitrogens with one attached hydrogen (secondary N) is 1. The normalized spacial score (nSPS) is 20.1. The lowest BCUT2D eigenvalue weighted by atomic mass is 10.0. The summed E-state index contributed by atoms with van der Waals surface area (Å²) in [6.45, 7) is 14.6. The number of piperidine rings is 1. The quantitative estimate of drug-likeness (QED) is 0.697. The second kappa shape index (κ2) is 9.73. The molecular formula is C16H34N2O. The number of hydrogen-bond donors (Lipinski definition) is 1. The topological polar surface area (TPSA) is 24.5 Å². The molecule has 1 unspecified atom stereocenters. The third kappa shape index (κ3) is 7.91. The fraction of sp³-hybridized carbons (Fsp3) is 1.00. The molecule has 1 aliphatic rings. The first kappa shape index (κ1) is 16.9. The molecule has 19 heavy (non-hydrogen) atoms. The highest BCUT2D eigenvalue weighted by Crippen LogP contribution is 2.13. The summed E-state index contributed by atoms with van der Waals surface area (Å²) in [6, 6.07) is 0.656. The molecule has 0 saturated carbocycles. The van der Waals surface area contributed by atoms with Gasteiger partial charge in [0, 0.05) is 38.8 Å². The van der Waals surface area contributed by atoms with Gasteiger partial charge < -0.3 is 15.0 Å². The van der Waals surface area contributed by atoms with E-state index in [1.807, 2.05) is 0 Å². The van der Waals surface area contributed by atoms with Crippen LogP contribution in [-0.4, -0.2) is 49.8 Å². The predicted molar refractivity (Wildman–Crippen MR) is 82.6 cm³/mol. The molecule has 1 rings (SSSR count). The number of rotatable bonds is 9. The monoisotopic (exact) mass is 270 g/mol. The van der Waals surface area contributed by atoms with E-state index in [1.165, 1.54) is 45.3 Å². The number of nitrogens with zero attached hydrogens (tertiary/aromatic N) is 1. The van der Waals surface area contributed by atoms with Crippen LogP contribution in [0.1, 0.15) is 53.4 Å². The second-order valence-electron chi connectivity index (χ2n) is 6.32. The Balaban J connectivity index is 2.01. The maximum Gasteiger partial charge on any atom is 0.0599 e. The molecule has 1 heterocycles. The van der Waals surface area contributed by atoms with Crippen molar-refractivity contribution < 1.29 is 4.74 Å². The first-order valence-corrected chi connectivity index (χ1v) is 8.19. The van der Waals surface area contributed by atoms with Gasteiger partial charge in [0.1, 0.15) is 0 Å². The third-order valence-corrected chi connectivity index (χ3v) is 4.03. The maximum atomic E-state index is 5.69. The zero-order valence-corrected chi connectivity index (χ0v) is 13.5. The van der Waals surface area contributed by atoms with Crippen molar-refractivity contribution in [3.8, 4) is 0 Å². The van der Waals surface area contributed by atoms with E-state index in [0.717, 1.165) is 19.1 Å². The van der Waals surface area contributed by atoms with Crippen LogP contribution in [0.25, 0.3) is 0 Å². The van der Waals surface area contributed by atoms with Crippen molar-refractivity contribution in [1.29, 1.82) is 0 Å². The molecule has 1 N–H and O–H groups in total. The van der Waals surface area contributed by atoms with Gasteiger partial charge in [-0.05, 0) is 45.4 Å². The summed E-state index contributed by atoms with van der Waals surface area (Å²) in [5.41, 5.74) is 0. The lowest BCUT2D eigenvalue weighted by Gasteiger charge is -2.32. The standard InChI is InChI=1S/C16H34N2O/c1-5-19-16-8-11-18(12-9-16)13-10-17-15(4)7-6-14(2)3/h14-17H,5-13H2,1-4H3. The summed E-state index contributed by atoms with van der Waals surface area (Å²) in [5.74, 6) is 0.821. The Labute approximate surface area is 120 Å². The van der Waals surface area contributed by atoms with Crippen molar-refractivity contribution in [3.05, 3.63) is 0 Å². The van der Waals surface area contributed by atoms with Gasteiger partial charge in [-0.15, -0.1) is 0 Å². The van der Waals surface area contributed by atoms with E-state index < -0.39 is 0 Å². The molecule has 0 radical (unpaired) electrons. The minimum atomic E-state index is 0.513. The molecule has 1 aliphatic heterocycles. The van der Waals surface area contributed by atoms with Gasteiger partial charge in [-0.25, -0.2) is 0 Å². The lowest BCUT2D eigenvalue weighted by Crippen LogP contribution is -2.41. The van der Waals surface area contributed by atoms with Gasteiger partial charge in [0.05, 0.1) is 6.10 Å². The number of ether oxygens (including phenoxy) is 1. The van der Waals surface area contributed by atoms with Gasteiger partial charge in [0.25, 0.3) is 0 Å². The zero-order chi connectivity index (χ0) is 14.1. The summed E-state index contributed by atoms with van der Waals surface area (Å²) in [4.78, 5) is 2.57. The van der Waals surface area contributed by atoms with E-state index >= 15 is 0 Å². The molecule has 0 aromatic heterocycles. The molecule has 1 atom stereocenters. The van der Waals surface area contributed by atoms with Crippen LogP contribution in [0.2, 0.25) is 0 Å². The highest BCUT2D eigenvalue weighted by atomic mass is 16.5. The Bertz CT molecular complexity index is 213. The van der Waals surface area contributed by atoms with E-state index in [9.17, 15) is 0 Å². The molecule has 0 spiro atoms. The SMILES string of the molecule is CCOC1CCN(CCNC(C)CCC(C)C)CC1. The van der Waals surface area contributed by atoms with E-state index in [1.54, 1.807) is 0 Å². The highest BCUT2D eigenvalue weighted by molar-refractivity contribution is 4.73. The molecule has 114 valence electrons. The van der Waals surface area contributed by atoms with Crippen LogP contribution in [0, 0.1) is 5.92 Å². The van der Waals surface area contributed by atoms with E-state index in [0.29, 0.717) is 12.1 Å². The zero-order valence-electron chi connectivity index (χ0n) is 13.5. The molecular weight excluding hydrogens is 236 g/mol.